The van der Waals surface area contributed by atoms with Crippen molar-refractivity contribution in [2.24, 2.45) is 0 Å². The predicted molar refractivity (Wildman–Crippen MR) is 79.3 cm³/mol. The molecule has 3 aromatic rings. The summed E-state index contributed by atoms with van der Waals surface area (Å²) in [5, 5.41) is 0.901. The van der Waals surface area contributed by atoms with Crippen molar-refractivity contribution in [2.45, 2.75) is 26.2 Å². The Hall–Kier alpha value is -2.56. The molecule has 4 heterocycles. The van der Waals surface area contributed by atoms with Crippen LogP contribution >= 0.6 is 0 Å². The molecule has 0 N–H and O–H groups in total. The molecule has 0 radical (unpaired) electrons. The summed E-state index contributed by atoms with van der Waals surface area (Å²) in [6, 6.07) is 3.86. The van der Waals surface area contributed by atoms with Gasteiger partial charge in [0, 0.05) is 28.9 Å². The van der Waals surface area contributed by atoms with Crippen molar-refractivity contribution in [1.29, 1.82) is 0 Å². The van der Waals surface area contributed by atoms with E-state index in [9.17, 15) is 0 Å². The lowest BCUT2D eigenvalue weighted by atomic mass is 9.95. The molecule has 0 aromatic carbocycles. The Bertz CT molecular complexity index is 868. The molecule has 0 fully saturated rings. The number of nitrogens with zero attached hydrogens (tertiary/aromatic N) is 4. The zero-order valence-corrected chi connectivity index (χ0v) is 12.1. The molecule has 4 rings (SSSR count). The molecular weight excluding hydrogens is 264 g/mol. The number of rotatable bonds is 0. The number of hydrogen-bond donors (Lipinski definition) is 0. The molecule has 3 aromatic heterocycles. The molecule has 5 heteroatoms. The molecule has 0 bridgehead atoms. The van der Waals surface area contributed by atoms with Crippen LogP contribution < -0.4 is 4.74 Å². The maximum absolute atomic E-state index is 5.90. The van der Waals surface area contributed by atoms with Crippen molar-refractivity contribution in [2.75, 3.05) is 0 Å². The normalized spacial score (nSPS) is 12.9. The van der Waals surface area contributed by atoms with Gasteiger partial charge in [-0.3, -0.25) is 4.98 Å². The predicted octanol–water partition coefficient (Wildman–Crippen LogP) is 3.49. The minimum Gasteiger partial charge on any atom is -0.419 e. The van der Waals surface area contributed by atoms with E-state index in [2.05, 4.69) is 40.7 Å². The first-order valence-corrected chi connectivity index (χ1v) is 6.83. The second kappa shape index (κ2) is 3.97. The highest BCUT2D eigenvalue weighted by Crippen LogP contribution is 2.43. The lowest BCUT2D eigenvalue weighted by Crippen LogP contribution is -2.17. The van der Waals surface area contributed by atoms with Crippen LogP contribution in [0.3, 0.4) is 0 Å². The maximum atomic E-state index is 5.90. The van der Waals surface area contributed by atoms with Gasteiger partial charge in [0.1, 0.15) is 5.82 Å². The molecule has 104 valence electrons. The number of hydrogen-bond acceptors (Lipinski definition) is 5. The Labute approximate surface area is 122 Å². The van der Waals surface area contributed by atoms with Crippen molar-refractivity contribution in [1.82, 2.24) is 19.9 Å². The number of aromatic nitrogens is 4. The second-order valence-electron chi connectivity index (χ2n) is 6.14. The van der Waals surface area contributed by atoms with Gasteiger partial charge in [0.05, 0.1) is 17.1 Å². The van der Waals surface area contributed by atoms with Crippen molar-refractivity contribution in [3.05, 3.63) is 36.5 Å². The molecule has 0 unspecified atom stereocenters. The highest BCUT2D eigenvalue weighted by molar-refractivity contribution is 6.00. The van der Waals surface area contributed by atoms with Crippen LogP contribution in [0.1, 0.15) is 26.6 Å². The summed E-state index contributed by atoms with van der Waals surface area (Å²) >= 11 is 0. The maximum Gasteiger partial charge on any atom is 0.233 e. The summed E-state index contributed by atoms with van der Waals surface area (Å²) in [6.07, 6.45) is 5.28. The van der Waals surface area contributed by atoms with Crippen LogP contribution in [0, 0.1) is 0 Å². The highest BCUT2D eigenvalue weighted by Gasteiger charge is 2.26. The molecule has 5 nitrogen and oxygen atoms in total. The zero-order chi connectivity index (χ0) is 14.6. The standard InChI is InChI=1S/C16H14N4O/c1-16(2,3)15-19-11-8-17-7-10-9-5-4-6-18-13(9)21-14(20-15)12(10)11/h4-8H,1-3H3. The summed E-state index contributed by atoms with van der Waals surface area (Å²) < 4.78 is 5.90. The van der Waals surface area contributed by atoms with Gasteiger partial charge in [-0.15, -0.1) is 0 Å². The lowest BCUT2D eigenvalue weighted by molar-refractivity contribution is 0.436. The summed E-state index contributed by atoms with van der Waals surface area (Å²) in [4.78, 5) is 17.8. The van der Waals surface area contributed by atoms with E-state index in [0.29, 0.717) is 11.8 Å². The third-order valence-corrected chi connectivity index (χ3v) is 3.50. The molecule has 21 heavy (non-hydrogen) atoms. The van der Waals surface area contributed by atoms with E-state index in [1.807, 2.05) is 18.3 Å². The largest absolute Gasteiger partial charge is 0.419 e. The van der Waals surface area contributed by atoms with Crippen LogP contribution in [0.2, 0.25) is 0 Å². The summed E-state index contributed by atoms with van der Waals surface area (Å²) in [7, 11) is 0. The molecule has 0 atom stereocenters. The Kier molecular flexibility index (Phi) is 2.31. The SMILES string of the molecule is CC(C)(C)c1nc2c3c(cncc3n1)-c1cccnc1O2. The minimum absolute atomic E-state index is 0.158. The van der Waals surface area contributed by atoms with Gasteiger partial charge in [-0.05, 0) is 12.1 Å². The van der Waals surface area contributed by atoms with Gasteiger partial charge in [-0.2, -0.15) is 4.98 Å². The van der Waals surface area contributed by atoms with Gasteiger partial charge in [-0.1, -0.05) is 20.8 Å². The van der Waals surface area contributed by atoms with Crippen molar-refractivity contribution < 1.29 is 4.74 Å². The fraction of sp³-hybridized carbons (Fsp3) is 0.250. The van der Waals surface area contributed by atoms with Crippen LogP contribution in [0.5, 0.6) is 11.8 Å². The van der Waals surface area contributed by atoms with E-state index < -0.39 is 0 Å². The minimum atomic E-state index is -0.158. The van der Waals surface area contributed by atoms with Crippen molar-refractivity contribution in [3.8, 4) is 22.9 Å². The molecule has 0 aliphatic carbocycles. The second-order valence-corrected chi connectivity index (χ2v) is 6.14. The zero-order valence-electron chi connectivity index (χ0n) is 12.1. The molecule has 0 spiro atoms. The quantitative estimate of drug-likeness (QED) is 0.492. The first-order valence-electron chi connectivity index (χ1n) is 6.83. The van der Waals surface area contributed by atoms with E-state index in [1.165, 1.54) is 0 Å². The van der Waals surface area contributed by atoms with Crippen molar-refractivity contribution >= 4 is 10.9 Å². The lowest BCUT2D eigenvalue weighted by Gasteiger charge is -2.22. The first kappa shape index (κ1) is 12.2. The monoisotopic (exact) mass is 278 g/mol. The average molecular weight is 278 g/mol. The van der Waals surface area contributed by atoms with Gasteiger partial charge >= 0.3 is 0 Å². The van der Waals surface area contributed by atoms with E-state index in [4.69, 9.17) is 4.74 Å². The molecular formula is C16H14N4O. The van der Waals surface area contributed by atoms with E-state index in [1.54, 1.807) is 12.4 Å². The van der Waals surface area contributed by atoms with Gasteiger partial charge < -0.3 is 4.74 Å². The third kappa shape index (κ3) is 1.77. The summed E-state index contributed by atoms with van der Waals surface area (Å²) in [5.74, 6) is 1.87. The first-order chi connectivity index (χ1) is 10.0. The van der Waals surface area contributed by atoms with Gasteiger partial charge in [0.25, 0.3) is 0 Å². The fourth-order valence-electron chi connectivity index (χ4n) is 2.43. The Balaban J connectivity index is 2.10. The number of ether oxygens (including phenoxy) is 1. The molecule has 1 aliphatic rings. The van der Waals surface area contributed by atoms with Crippen LogP contribution in [0.15, 0.2) is 30.7 Å². The van der Waals surface area contributed by atoms with Crippen LogP contribution in [0.4, 0.5) is 0 Å². The molecule has 1 aliphatic heterocycles. The van der Waals surface area contributed by atoms with Crippen molar-refractivity contribution in [3.63, 3.8) is 0 Å². The van der Waals surface area contributed by atoms with Crippen LogP contribution in [-0.2, 0) is 5.41 Å². The van der Waals surface area contributed by atoms with E-state index in [0.717, 1.165) is 27.9 Å². The van der Waals surface area contributed by atoms with Gasteiger partial charge in [0.15, 0.2) is 0 Å². The molecule has 0 amide bonds. The van der Waals surface area contributed by atoms with Gasteiger partial charge in [-0.25, -0.2) is 9.97 Å². The van der Waals surface area contributed by atoms with Crippen LogP contribution in [-0.4, -0.2) is 19.9 Å². The Morgan fingerprint density at radius 3 is 2.67 bits per heavy atom. The van der Waals surface area contributed by atoms with E-state index in [-0.39, 0.29) is 5.41 Å². The van der Waals surface area contributed by atoms with Crippen LogP contribution in [0.25, 0.3) is 22.0 Å². The third-order valence-electron chi connectivity index (χ3n) is 3.50. The topological polar surface area (TPSA) is 60.8 Å². The molecule has 0 saturated heterocycles. The Morgan fingerprint density at radius 1 is 1.00 bits per heavy atom. The smallest absolute Gasteiger partial charge is 0.233 e. The fourth-order valence-corrected chi connectivity index (χ4v) is 2.43. The average Bonchev–Trinajstić information content (AvgIpc) is 2.46. The summed E-state index contributed by atoms with van der Waals surface area (Å²) in [5.41, 5.74) is 2.54. The summed E-state index contributed by atoms with van der Waals surface area (Å²) in [6.45, 7) is 6.23. The van der Waals surface area contributed by atoms with Gasteiger partial charge in [0.2, 0.25) is 11.8 Å². The molecule has 0 saturated carbocycles. The number of pyridine rings is 2. The van der Waals surface area contributed by atoms with E-state index >= 15 is 0 Å². The highest BCUT2D eigenvalue weighted by atomic mass is 16.5. The Morgan fingerprint density at radius 2 is 1.86 bits per heavy atom. The number of fused-ring (bicyclic) bond motifs is 2.